The molecule has 0 spiro atoms. The summed E-state index contributed by atoms with van der Waals surface area (Å²) in [5.41, 5.74) is 3.65. The summed E-state index contributed by atoms with van der Waals surface area (Å²) < 4.78 is 1.80. The van der Waals surface area contributed by atoms with Crippen molar-refractivity contribution < 1.29 is 14.7 Å². The van der Waals surface area contributed by atoms with Crippen LogP contribution >= 0.6 is 0 Å². The maximum Gasteiger partial charge on any atom is 0.335 e. The highest BCUT2D eigenvalue weighted by atomic mass is 16.4. The van der Waals surface area contributed by atoms with Crippen LogP contribution in [0.4, 0.5) is 0 Å². The molecule has 5 heteroatoms. The predicted molar refractivity (Wildman–Crippen MR) is 97.9 cm³/mol. The molecule has 1 heterocycles. The molecule has 0 aliphatic rings. The molecule has 0 saturated heterocycles. The molecule has 0 radical (unpaired) electrons. The number of hydrogen-bond donors (Lipinski definition) is 1. The van der Waals surface area contributed by atoms with E-state index in [0.717, 1.165) is 5.69 Å². The summed E-state index contributed by atoms with van der Waals surface area (Å²) in [6, 6.07) is 21.1. The minimum atomic E-state index is -0.983. The number of imidazole rings is 1. The zero-order valence-corrected chi connectivity index (χ0v) is 13.7. The number of carbonyl (C=O) groups is 2. The molecule has 126 valence electrons. The number of fused-ring (bicyclic) bond motifs is 1. The molecule has 4 aromatic rings. The SMILES string of the molecule is O=C(O)c1ccc2ncn(-c3ccc(C(=O)c4ccccc4)cc3)c2c1. The van der Waals surface area contributed by atoms with Crippen LogP contribution in [0, 0.1) is 0 Å². The fourth-order valence-electron chi connectivity index (χ4n) is 2.88. The van der Waals surface area contributed by atoms with Gasteiger partial charge in [-0.15, -0.1) is 0 Å². The molecule has 0 saturated carbocycles. The van der Waals surface area contributed by atoms with Gasteiger partial charge >= 0.3 is 5.97 Å². The van der Waals surface area contributed by atoms with Crippen LogP contribution in [-0.4, -0.2) is 26.4 Å². The highest BCUT2D eigenvalue weighted by molar-refractivity contribution is 6.09. The van der Waals surface area contributed by atoms with Gasteiger partial charge < -0.3 is 5.11 Å². The number of rotatable bonds is 4. The van der Waals surface area contributed by atoms with Crippen LogP contribution in [0.2, 0.25) is 0 Å². The Morgan fingerprint density at radius 3 is 2.15 bits per heavy atom. The third-order valence-electron chi connectivity index (χ3n) is 4.24. The van der Waals surface area contributed by atoms with Crippen molar-refractivity contribution >= 4 is 22.8 Å². The molecule has 0 aliphatic heterocycles. The van der Waals surface area contributed by atoms with E-state index in [4.69, 9.17) is 0 Å². The van der Waals surface area contributed by atoms with E-state index in [0.29, 0.717) is 22.2 Å². The smallest absolute Gasteiger partial charge is 0.335 e. The molecule has 4 rings (SSSR count). The number of carbonyl (C=O) groups excluding carboxylic acids is 1. The van der Waals surface area contributed by atoms with E-state index in [-0.39, 0.29) is 11.3 Å². The summed E-state index contributed by atoms with van der Waals surface area (Å²) in [5.74, 6) is -1.02. The van der Waals surface area contributed by atoms with E-state index in [9.17, 15) is 14.7 Å². The van der Waals surface area contributed by atoms with Crippen LogP contribution in [0.25, 0.3) is 16.7 Å². The summed E-state index contributed by atoms with van der Waals surface area (Å²) in [7, 11) is 0. The molecule has 0 fully saturated rings. The van der Waals surface area contributed by atoms with Gasteiger partial charge in [0.05, 0.1) is 16.6 Å². The first-order chi connectivity index (χ1) is 12.6. The van der Waals surface area contributed by atoms with Gasteiger partial charge in [0.15, 0.2) is 5.78 Å². The van der Waals surface area contributed by atoms with Crippen molar-refractivity contribution in [3.05, 3.63) is 95.8 Å². The second-order valence-corrected chi connectivity index (χ2v) is 5.87. The maximum atomic E-state index is 12.5. The lowest BCUT2D eigenvalue weighted by molar-refractivity contribution is 0.0697. The molecule has 3 aromatic carbocycles. The number of aromatic carboxylic acids is 1. The fourth-order valence-corrected chi connectivity index (χ4v) is 2.88. The van der Waals surface area contributed by atoms with Crippen molar-refractivity contribution in [1.29, 1.82) is 0 Å². The average molecular weight is 342 g/mol. The molecule has 0 amide bonds. The van der Waals surface area contributed by atoms with Crippen LogP contribution in [-0.2, 0) is 0 Å². The van der Waals surface area contributed by atoms with Crippen LogP contribution in [0.3, 0.4) is 0 Å². The van der Waals surface area contributed by atoms with Crippen molar-refractivity contribution in [2.24, 2.45) is 0 Å². The second kappa shape index (κ2) is 6.29. The summed E-state index contributed by atoms with van der Waals surface area (Å²) in [6.45, 7) is 0. The zero-order chi connectivity index (χ0) is 18.1. The summed E-state index contributed by atoms with van der Waals surface area (Å²) >= 11 is 0. The number of benzene rings is 3. The Balaban J connectivity index is 1.71. The average Bonchev–Trinajstić information content (AvgIpc) is 3.11. The van der Waals surface area contributed by atoms with Crippen molar-refractivity contribution in [2.75, 3.05) is 0 Å². The van der Waals surface area contributed by atoms with Gasteiger partial charge in [-0.05, 0) is 42.5 Å². The third kappa shape index (κ3) is 2.75. The van der Waals surface area contributed by atoms with Gasteiger partial charge in [-0.3, -0.25) is 9.36 Å². The molecule has 1 aromatic heterocycles. The Bertz CT molecular complexity index is 1110. The van der Waals surface area contributed by atoms with Gasteiger partial charge in [0.2, 0.25) is 0 Å². The highest BCUT2D eigenvalue weighted by Gasteiger charge is 2.11. The number of aromatic nitrogens is 2. The molecule has 26 heavy (non-hydrogen) atoms. The topological polar surface area (TPSA) is 72.2 Å². The van der Waals surface area contributed by atoms with E-state index in [1.54, 1.807) is 47.3 Å². The third-order valence-corrected chi connectivity index (χ3v) is 4.24. The molecule has 5 nitrogen and oxygen atoms in total. The van der Waals surface area contributed by atoms with Gasteiger partial charge in [-0.2, -0.15) is 0 Å². The lowest BCUT2D eigenvalue weighted by Crippen LogP contribution is -2.02. The molecule has 0 aliphatic carbocycles. The minimum absolute atomic E-state index is 0.0409. The van der Waals surface area contributed by atoms with Gasteiger partial charge in [-0.1, -0.05) is 30.3 Å². The van der Waals surface area contributed by atoms with Gasteiger partial charge in [0.25, 0.3) is 0 Å². The van der Waals surface area contributed by atoms with E-state index in [2.05, 4.69) is 4.98 Å². The van der Waals surface area contributed by atoms with Gasteiger partial charge in [0, 0.05) is 16.8 Å². The highest BCUT2D eigenvalue weighted by Crippen LogP contribution is 2.21. The number of carboxylic acid groups (broad SMARTS) is 1. The van der Waals surface area contributed by atoms with Crippen molar-refractivity contribution in [1.82, 2.24) is 9.55 Å². The van der Waals surface area contributed by atoms with Crippen LogP contribution in [0.1, 0.15) is 26.3 Å². The molecular weight excluding hydrogens is 328 g/mol. The quantitative estimate of drug-likeness (QED) is 0.570. The van der Waals surface area contributed by atoms with Crippen LogP contribution in [0.15, 0.2) is 79.1 Å². The van der Waals surface area contributed by atoms with Gasteiger partial charge in [-0.25, -0.2) is 9.78 Å². The summed E-state index contributed by atoms with van der Waals surface area (Å²) in [4.78, 5) is 28.0. The van der Waals surface area contributed by atoms with E-state index < -0.39 is 5.97 Å². The normalized spacial score (nSPS) is 10.8. The maximum absolute atomic E-state index is 12.5. The van der Waals surface area contributed by atoms with Crippen LogP contribution < -0.4 is 0 Å². The Kier molecular flexibility index (Phi) is 3.82. The van der Waals surface area contributed by atoms with E-state index in [1.165, 1.54) is 6.07 Å². The molecule has 0 bridgehead atoms. The molecule has 0 atom stereocenters. The lowest BCUT2D eigenvalue weighted by atomic mass is 10.0. The standard InChI is InChI=1S/C21H14N2O3/c24-20(14-4-2-1-3-5-14)15-6-9-17(10-7-15)23-13-22-18-11-8-16(21(25)26)12-19(18)23/h1-13H,(H,25,26). The first-order valence-corrected chi connectivity index (χ1v) is 8.04. The van der Waals surface area contributed by atoms with E-state index >= 15 is 0 Å². The van der Waals surface area contributed by atoms with Crippen molar-refractivity contribution in [2.45, 2.75) is 0 Å². The summed E-state index contributed by atoms with van der Waals surface area (Å²) in [6.07, 6.45) is 1.64. The predicted octanol–water partition coefficient (Wildman–Crippen LogP) is 3.95. The van der Waals surface area contributed by atoms with Crippen molar-refractivity contribution in [3.63, 3.8) is 0 Å². The summed E-state index contributed by atoms with van der Waals surface area (Å²) in [5, 5.41) is 9.18. The van der Waals surface area contributed by atoms with E-state index in [1.807, 2.05) is 30.3 Å². The monoisotopic (exact) mass is 342 g/mol. The Labute approximate surface area is 149 Å². The molecular formula is C21H14N2O3. The lowest BCUT2D eigenvalue weighted by Gasteiger charge is -2.07. The second-order valence-electron chi connectivity index (χ2n) is 5.87. The molecule has 1 N–H and O–H groups in total. The fraction of sp³-hybridized carbons (Fsp3) is 0. The van der Waals surface area contributed by atoms with Crippen molar-refractivity contribution in [3.8, 4) is 5.69 Å². The zero-order valence-electron chi connectivity index (χ0n) is 13.7. The largest absolute Gasteiger partial charge is 0.478 e. The molecule has 0 unspecified atom stereocenters. The first kappa shape index (κ1) is 15.8. The number of nitrogens with zero attached hydrogens (tertiary/aromatic N) is 2. The number of ketones is 1. The van der Waals surface area contributed by atoms with Crippen LogP contribution in [0.5, 0.6) is 0 Å². The first-order valence-electron chi connectivity index (χ1n) is 8.04. The Morgan fingerprint density at radius 1 is 0.808 bits per heavy atom. The minimum Gasteiger partial charge on any atom is -0.478 e. The Hall–Kier alpha value is -3.73. The Morgan fingerprint density at radius 2 is 1.46 bits per heavy atom. The number of carboxylic acids is 1. The van der Waals surface area contributed by atoms with Gasteiger partial charge in [0.1, 0.15) is 6.33 Å². The number of hydrogen-bond acceptors (Lipinski definition) is 3.